The lowest BCUT2D eigenvalue weighted by atomic mass is 10.1. The van der Waals surface area contributed by atoms with E-state index in [1.807, 2.05) is 0 Å². The second-order valence-electron chi connectivity index (χ2n) is 4.20. The van der Waals surface area contributed by atoms with Crippen molar-refractivity contribution < 1.29 is 26.4 Å². The van der Waals surface area contributed by atoms with E-state index in [1.165, 1.54) is 4.90 Å². The number of primary sulfonamides is 1. The van der Waals surface area contributed by atoms with Crippen LogP contribution in [0.5, 0.6) is 0 Å². The van der Waals surface area contributed by atoms with Crippen LogP contribution >= 0.6 is 0 Å². The normalized spacial score (nSPS) is 12.3. The monoisotopic (exact) mass is 324 g/mol. The maximum absolute atomic E-state index is 12.9. The Hall–Kier alpha value is -1.61. The Morgan fingerprint density at radius 2 is 1.76 bits per heavy atom. The third-order valence-electron chi connectivity index (χ3n) is 2.89. The highest BCUT2D eigenvalue weighted by atomic mass is 32.2. The summed E-state index contributed by atoms with van der Waals surface area (Å²) in [4.78, 5) is 12.2. The Kier molecular flexibility index (Phi) is 5.00. The van der Waals surface area contributed by atoms with Gasteiger partial charge in [0, 0.05) is 13.1 Å². The molecule has 0 aliphatic carbocycles. The lowest BCUT2D eigenvalue weighted by Crippen LogP contribution is -2.33. The highest BCUT2D eigenvalue weighted by Gasteiger charge is 2.39. The number of amides is 1. The number of halogens is 3. The van der Waals surface area contributed by atoms with Crippen LogP contribution in [0.4, 0.5) is 13.2 Å². The molecule has 0 aliphatic heterocycles. The summed E-state index contributed by atoms with van der Waals surface area (Å²) in [6.07, 6.45) is -4.93. The van der Waals surface area contributed by atoms with Crippen LogP contribution in [0.25, 0.3) is 0 Å². The summed E-state index contributed by atoms with van der Waals surface area (Å²) >= 11 is 0. The van der Waals surface area contributed by atoms with Crippen LogP contribution in [0.1, 0.15) is 29.8 Å². The van der Waals surface area contributed by atoms with Gasteiger partial charge in [-0.05, 0) is 26.0 Å². The van der Waals surface area contributed by atoms with Gasteiger partial charge in [-0.25, -0.2) is 13.6 Å². The first kappa shape index (κ1) is 17.4. The molecule has 118 valence electrons. The Labute approximate surface area is 120 Å². The zero-order valence-corrected chi connectivity index (χ0v) is 12.3. The average Bonchev–Trinajstić information content (AvgIpc) is 2.37. The zero-order chi connectivity index (χ0) is 16.4. The molecule has 0 fully saturated rings. The quantitative estimate of drug-likeness (QED) is 0.917. The van der Waals surface area contributed by atoms with Crippen molar-refractivity contribution in [2.75, 3.05) is 13.1 Å². The molecule has 0 aromatic heterocycles. The van der Waals surface area contributed by atoms with Crippen molar-refractivity contribution in [3.63, 3.8) is 0 Å². The number of carbonyl (C=O) groups is 1. The first-order valence-corrected chi connectivity index (χ1v) is 7.60. The Morgan fingerprint density at radius 1 is 1.24 bits per heavy atom. The third kappa shape index (κ3) is 3.73. The number of benzene rings is 1. The van der Waals surface area contributed by atoms with Gasteiger partial charge in [-0.2, -0.15) is 13.2 Å². The molecule has 0 spiro atoms. The minimum absolute atomic E-state index is 0.232. The van der Waals surface area contributed by atoms with E-state index < -0.39 is 38.1 Å². The molecular weight excluding hydrogens is 309 g/mol. The van der Waals surface area contributed by atoms with Crippen molar-refractivity contribution in [3.05, 3.63) is 29.3 Å². The standard InChI is InChI=1S/C12H15F3N2O3S/c1-3-17(4-2)11(18)8-6-5-7-9(12(13,14)15)10(8)21(16,19)20/h5-7H,3-4H2,1-2H3,(H2,16,19,20). The second kappa shape index (κ2) is 6.02. The van der Waals surface area contributed by atoms with Gasteiger partial charge in [-0.3, -0.25) is 4.79 Å². The summed E-state index contributed by atoms with van der Waals surface area (Å²) in [7, 11) is -4.71. The zero-order valence-electron chi connectivity index (χ0n) is 11.4. The molecule has 0 radical (unpaired) electrons. The molecule has 21 heavy (non-hydrogen) atoms. The van der Waals surface area contributed by atoms with Gasteiger partial charge in [0.05, 0.1) is 11.1 Å². The van der Waals surface area contributed by atoms with E-state index in [-0.39, 0.29) is 13.1 Å². The van der Waals surface area contributed by atoms with E-state index in [9.17, 15) is 26.4 Å². The molecule has 0 unspecified atom stereocenters. The van der Waals surface area contributed by atoms with Gasteiger partial charge in [0.1, 0.15) is 4.90 Å². The molecule has 1 aromatic carbocycles. The van der Waals surface area contributed by atoms with Crippen LogP contribution in [0, 0.1) is 0 Å². The second-order valence-corrected chi connectivity index (χ2v) is 5.70. The van der Waals surface area contributed by atoms with E-state index in [0.717, 1.165) is 12.1 Å². The first-order chi connectivity index (χ1) is 9.54. The molecule has 1 rings (SSSR count). The van der Waals surface area contributed by atoms with Crippen LogP contribution < -0.4 is 5.14 Å². The van der Waals surface area contributed by atoms with Crippen molar-refractivity contribution in [1.82, 2.24) is 4.90 Å². The molecule has 0 saturated heterocycles. The van der Waals surface area contributed by atoms with Gasteiger partial charge in [-0.1, -0.05) is 6.07 Å². The number of hydrogen-bond donors (Lipinski definition) is 1. The summed E-state index contributed by atoms with van der Waals surface area (Å²) in [5.41, 5.74) is -2.01. The highest BCUT2D eigenvalue weighted by Crippen LogP contribution is 2.35. The van der Waals surface area contributed by atoms with E-state index >= 15 is 0 Å². The number of alkyl halides is 3. The minimum Gasteiger partial charge on any atom is -0.339 e. The van der Waals surface area contributed by atoms with Crippen LogP contribution in [0.3, 0.4) is 0 Å². The molecule has 1 amide bonds. The lowest BCUT2D eigenvalue weighted by molar-refractivity contribution is -0.139. The van der Waals surface area contributed by atoms with Gasteiger partial charge in [-0.15, -0.1) is 0 Å². The van der Waals surface area contributed by atoms with Crippen molar-refractivity contribution >= 4 is 15.9 Å². The van der Waals surface area contributed by atoms with Gasteiger partial charge < -0.3 is 4.90 Å². The van der Waals surface area contributed by atoms with E-state index in [1.54, 1.807) is 13.8 Å². The molecule has 0 saturated carbocycles. The van der Waals surface area contributed by atoms with E-state index in [0.29, 0.717) is 6.07 Å². The Morgan fingerprint density at radius 3 is 2.14 bits per heavy atom. The van der Waals surface area contributed by atoms with Crippen LogP contribution in [0.15, 0.2) is 23.1 Å². The molecule has 0 atom stereocenters. The van der Waals surface area contributed by atoms with Crippen molar-refractivity contribution in [1.29, 1.82) is 0 Å². The van der Waals surface area contributed by atoms with Crippen molar-refractivity contribution in [2.24, 2.45) is 5.14 Å². The highest BCUT2D eigenvalue weighted by molar-refractivity contribution is 7.89. The molecule has 9 heteroatoms. The molecule has 5 nitrogen and oxygen atoms in total. The third-order valence-corrected chi connectivity index (χ3v) is 3.89. The molecule has 0 heterocycles. The van der Waals surface area contributed by atoms with Crippen LogP contribution in [-0.2, 0) is 16.2 Å². The summed E-state index contributed by atoms with van der Waals surface area (Å²) in [5, 5.41) is 4.88. The van der Waals surface area contributed by atoms with Crippen LogP contribution in [-0.4, -0.2) is 32.3 Å². The SMILES string of the molecule is CCN(CC)C(=O)c1cccc(C(F)(F)F)c1S(N)(=O)=O. The number of nitrogens with zero attached hydrogens (tertiary/aromatic N) is 1. The fraction of sp³-hybridized carbons (Fsp3) is 0.417. The molecule has 2 N–H and O–H groups in total. The summed E-state index contributed by atoms with van der Waals surface area (Å²) in [6, 6.07) is 2.59. The minimum atomic E-state index is -4.93. The fourth-order valence-corrected chi connectivity index (χ4v) is 2.87. The summed E-state index contributed by atoms with van der Waals surface area (Å²) in [5.74, 6) is -0.810. The molecule has 0 aliphatic rings. The van der Waals surface area contributed by atoms with Gasteiger partial charge in [0.15, 0.2) is 0 Å². The molecular formula is C12H15F3N2O3S. The predicted molar refractivity (Wildman–Crippen MR) is 70.1 cm³/mol. The Bertz CT molecular complexity index is 638. The largest absolute Gasteiger partial charge is 0.417 e. The Balaban J connectivity index is 3.65. The average molecular weight is 324 g/mol. The van der Waals surface area contributed by atoms with Gasteiger partial charge >= 0.3 is 6.18 Å². The number of hydrogen-bond acceptors (Lipinski definition) is 3. The number of rotatable bonds is 4. The smallest absolute Gasteiger partial charge is 0.339 e. The predicted octanol–water partition coefficient (Wildman–Crippen LogP) is 1.83. The maximum Gasteiger partial charge on any atom is 0.417 e. The summed E-state index contributed by atoms with van der Waals surface area (Å²) in [6.45, 7) is 3.72. The lowest BCUT2D eigenvalue weighted by Gasteiger charge is -2.21. The fourth-order valence-electron chi connectivity index (χ4n) is 1.92. The van der Waals surface area contributed by atoms with Crippen molar-refractivity contribution in [3.8, 4) is 0 Å². The molecule has 0 bridgehead atoms. The van der Waals surface area contributed by atoms with Crippen LogP contribution in [0.2, 0.25) is 0 Å². The van der Waals surface area contributed by atoms with Gasteiger partial charge in [0.25, 0.3) is 5.91 Å². The maximum atomic E-state index is 12.9. The summed E-state index contributed by atoms with van der Waals surface area (Å²) < 4.78 is 61.9. The molecule has 1 aromatic rings. The number of nitrogens with two attached hydrogens (primary N) is 1. The topological polar surface area (TPSA) is 80.5 Å². The van der Waals surface area contributed by atoms with Gasteiger partial charge in [0.2, 0.25) is 10.0 Å². The number of carbonyl (C=O) groups excluding carboxylic acids is 1. The van der Waals surface area contributed by atoms with E-state index in [2.05, 4.69) is 0 Å². The van der Waals surface area contributed by atoms with E-state index in [4.69, 9.17) is 5.14 Å². The van der Waals surface area contributed by atoms with Crippen molar-refractivity contribution in [2.45, 2.75) is 24.9 Å². The first-order valence-electron chi connectivity index (χ1n) is 6.06. The number of sulfonamides is 1.